The van der Waals surface area contributed by atoms with Gasteiger partial charge in [0.05, 0.1) is 51.8 Å². The summed E-state index contributed by atoms with van der Waals surface area (Å²) < 4.78 is 26.7. The number of hydrogen-bond donors (Lipinski definition) is 0. The molecule has 2 aromatic carbocycles. The Labute approximate surface area is 169 Å². The van der Waals surface area contributed by atoms with Crippen molar-refractivity contribution in [3.63, 3.8) is 0 Å². The van der Waals surface area contributed by atoms with Gasteiger partial charge in [-0.05, 0) is 37.3 Å². The molecule has 0 amide bonds. The second-order valence-electron chi connectivity index (χ2n) is 6.07. The van der Waals surface area contributed by atoms with Crippen LogP contribution >= 0.6 is 0 Å². The van der Waals surface area contributed by atoms with Crippen LogP contribution in [0.25, 0.3) is 22.2 Å². The Morgan fingerprint density at radius 1 is 0.828 bits per heavy atom. The van der Waals surface area contributed by atoms with Crippen LogP contribution in [0, 0.1) is 0 Å². The Morgan fingerprint density at radius 3 is 2.07 bits per heavy atom. The molecule has 0 aliphatic heterocycles. The molecule has 1 heterocycles. The Morgan fingerprint density at radius 2 is 1.45 bits per heavy atom. The number of benzene rings is 2. The molecule has 3 rings (SSSR count). The zero-order chi connectivity index (χ0) is 21.0. The number of esters is 1. The van der Waals surface area contributed by atoms with Crippen LogP contribution in [0.1, 0.15) is 17.3 Å². The summed E-state index contributed by atoms with van der Waals surface area (Å²) >= 11 is 0. The molecule has 0 radical (unpaired) electrons. The summed E-state index contributed by atoms with van der Waals surface area (Å²) in [5, 5.41) is 0.731. The van der Waals surface area contributed by atoms with Gasteiger partial charge in [0.2, 0.25) is 0 Å². The monoisotopic (exact) mass is 397 g/mol. The second-order valence-corrected chi connectivity index (χ2v) is 6.07. The van der Waals surface area contributed by atoms with Crippen LogP contribution in [-0.2, 0) is 4.74 Å². The predicted octanol–water partition coefficient (Wildman–Crippen LogP) is 4.11. The summed E-state index contributed by atoms with van der Waals surface area (Å²) in [6.45, 7) is 2.02. The number of hydrogen-bond acceptors (Lipinski definition) is 7. The highest BCUT2D eigenvalue weighted by atomic mass is 16.5. The Balaban J connectivity index is 2.28. The van der Waals surface area contributed by atoms with Crippen molar-refractivity contribution in [1.29, 1.82) is 0 Å². The summed E-state index contributed by atoms with van der Waals surface area (Å²) in [6, 6.07) is 10.7. The van der Waals surface area contributed by atoms with Crippen molar-refractivity contribution in [3.05, 3.63) is 42.0 Å². The zero-order valence-corrected chi connectivity index (χ0v) is 17.1. The maximum absolute atomic E-state index is 12.7. The van der Waals surface area contributed by atoms with Crippen LogP contribution in [0.4, 0.5) is 0 Å². The van der Waals surface area contributed by atoms with E-state index in [-0.39, 0.29) is 6.61 Å². The average Bonchev–Trinajstić information content (AvgIpc) is 2.76. The molecule has 0 saturated heterocycles. The second kappa shape index (κ2) is 8.68. The first-order valence-electron chi connectivity index (χ1n) is 9.02. The van der Waals surface area contributed by atoms with Crippen molar-refractivity contribution < 1.29 is 28.5 Å². The van der Waals surface area contributed by atoms with Crippen molar-refractivity contribution in [3.8, 4) is 34.3 Å². The van der Waals surface area contributed by atoms with Gasteiger partial charge in [-0.25, -0.2) is 9.78 Å². The van der Waals surface area contributed by atoms with Crippen LogP contribution in [0.2, 0.25) is 0 Å². The molecule has 0 unspecified atom stereocenters. The topological polar surface area (TPSA) is 76.1 Å². The van der Waals surface area contributed by atoms with E-state index in [1.807, 2.05) is 6.07 Å². The number of carbonyl (C=O) groups excluding carboxylic acids is 1. The first-order chi connectivity index (χ1) is 14.1. The number of pyridine rings is 1. The van der Waals surface area contributed by atoms with Crippen LogP contribution < -0.4 is 18.9 Å². The zero-order valence-electron chi connectivity index (χ0n) is 17.1. The Hall–Kier alpha value is -3.48. The van der Waals surface area contributed by atoms with Gasteiger partial charge in [0.1, 0.15) is 0 Å². The summed E-state index contributed by atoms with van der Waals surface area (Å²) in [6.07, 6.45) is 0. The Kier molecular flexibility index (Phi) is 6.07. The predicted molar refractivity (Wildman–Crippen MR) is 109 cm³/mol. The summed E-state index contributed by atoms with van der Waals surface area (Å²) in [4.78, 5) is 17.4. The fraction of sp³-hybridized carbons (Fsp3) is 0.273. The molecule has 7 nitrogen and oxygen atoms in total. The number of fused-ring (bicyclic) bond motifs is 1. The lowest BCUT2D eigenvalue weighted by Gasteiger charge is -2.14. The molecular formula is C22H23NO6. The van der Waals surface area contributed by atoms with E-state index in [0.29, 0.717) is 45.3 Å². The third kappa shape index (κ3) is 3.89. The molecule has 7 heteroatoms. The van der Waals surface area contributed by atoms with Gasteiger partial charge in [-0.3, -0.25) is 0 Å². The van der Waals surface area contributed by atoms with E-state index >= 15 is 0 Å². The number of aromatic nitrogens is 1. The molecule has 0 bridgehead atoms. The minimum absolute atomic E-state index is 0.258. The lowest BCUT2D eigenvalue weighted by molar-refractivity contribution is 0.0527. The van der Waals surface area contributed by atoms with E-state index in [0.717, 1.165) is 5.39 Å². The summed E-state index contributed by atoms with van der Waals surface area (Å²) in [5.41, 5.74) is 2.17. The van der Waals surface area contributed by atoms with Crippen LogP contribution in [0.5, 0.6) is 23.0 Å². The molecule has 1 aromatic heterocycles. The number of methoxy groups -OCH3 is 4. The number of nitrogens with zero attached hydrogens (tertiary/aromatic N) is 1. The molecule has 0 aliphatic rings. The molecule has 0 fully saturated rings. The first-order valence-corrected chi connectivity index (χ1v) is 9.02. The largest absolute Gasteiger partial charge is 0.493 e. The highest BCUT2D eigenvalue weighted by molar-refractivity contribution is 6.01. The molecule has 3 aromatic rings. The van der Waals surface area contributed by atoms with Crippen LogP contribution in [0.3, 0.4) is 0 Å². The molecule has 29 heavy (non-hydrogen) atoms. The smallest absolute Gasteiger partial charge is 0.340 e. The maximum atomic E-state index is 12.7. The summed E-state index contributed by atoms with van der Waals surface area (Å²) in [5.74, 6) is 1.77. The molecule has 0 saturated carbocycles. The van der Waals surface area contributed by atoms with E-state index in [4.69, 9.17) is 28.7 Å². The van der Waals surface area contributed by atoms with E-state index in [1.54, 1.807) is 65.7 Å². The molecule has 0 N–H and O–H groups in total. The van der Waals surface area contributed by atoms with Crippen LogP contribution in [-0.4, -0.2) is 46.0 Å². The summed E-state index contributed by atoms with van der Waals surface area (Å²) in [7, 11) is 6.24. The fourth-order valence-corrected chi connectivity index (χ4v) is 3.07. The van der Waals surface area contributed by atoms with Gasteiger partial charge in [0.25, 0.3) is 0 Å². The minimum atomic E-state index is -0.457. The van der Waals surface area contributed by atoms with E-state index in [2.05, 4.69) is 0 Å². The third-order valence-corrected chi connectivity index (χ3v) is 4.47. The van der Waals surface area contributed by atoms with Gasteiger partial charge in [0.15, 0.2) is 23.0 Å². The standard InChI is InChI=1S/C22H23NO6/c1-6-29-22(24)15-9-14-11-19(27-4)20(28-5)12-16(14)23-21(15)13-7-8-17(25-2)18(10-13)26-3/h7-12H,6H2,1-5H3. The van der Waals surface area contributed by atoms with Gasteiger partial charge >= 0.3 is 5.97 Å². The van der Waals surface area contributed by atoms with Gasteiger partial charge in [-0.1, -0.05) is 0 Å². The highest BCUT2D eigenvalue weighted by Crippen LogP contribution is 2.37. The normalized spacial score (nSPS) is 10.5. The van der Waals surface area contributed by atoms with Gasteiger partial charge in [0, 0.05) is 17.0 Å². The van der Waals surface area contributed by atoms with Crippen molar-refractivity contribution in [1.82, 2.24) is 4.98 Å². The van der Waals surface area contributed by atoms with E-state index < -0.39 is 5.97 Å². The van der Waals surface area contributed by atoms with Gasteiger partial charge in [-0.2, -0.15) is 0 Å². The molecule has 0 atom stereocenters. The van der Waals surface area contributed by atoms with E-state index in [1.165, 1.54) is 0 Å². The minimum Gasteiger partial charge on any atom is -0.493 e. The van der Waals surface area contributed by atoms with Crippen molar-refractivity contribution in [2.45, 2.75) is 6.92 Å². The molecular weight excluding hydrogens is 374 g/mol. The lowest BCUT2D eigenvalue weighted by Crippen LogP contribution is -2.08. The van der Waals surface area contributed by atoms with E-state index in [9.17, 15) is 4.79 Å². The number of rotatable bonds is 7. The fourth-order valence-electron chi connectivity index (χ4n) is 3.07. The maximum Gasteiger partial charge on any atom is 0.340 e. The SMILES string of the molecule is CCOC(=O)c1cc2cc(OC)c(OC)cc2nc1-c1ccc(OC)c(OC)c1. The first kappa shape index (κ1) is 20.3. The highest BCUT2D eigenvalue weighted by Gasteiger charge is 2.20. The molecule has 0 aliphatic carbocycles. The quantitative estimate of drug-likeness (QED) is 0.555. The molecule has 152 valence electrons. The number of carbonyl (C=O) groups is 1. The van der Waals surface area contributed by atoms with Crippen molar-refractivity contribution in [2.24, 2.45) is 0 Å². The van der Waals surface area contributed by atoms with Crippen LogP contribution in [0.15, 0.2) is 36.4 Å². The lowest BCUT2D eigenvalue weighted by atomic mass is 10.0. The third-order valence-electron chi connectivity index (χ3n) is 4.47. The average molecular weight is 397 g/mol. The van der Waals surface area contributed by atoms with Gasteiger partial charge < -0.3 is 23.7 Å². The Bertz CT molecular complexity index is 1050. The van der Waals surface area contributed by atoms with Gasteiger partial charge in [-0.15, -0.1) is 0 Å². The molecule has 0 spiro atoms. The van der Waals surface area contributed by atoms with Crippen molar-refractivity contribution >= 4 is 16.9 Å². The number of ether oxygens (including phenoxy) is 5. The van der Waals surface area contributed by atoms with Crippen molar-refractivity contribution in [2.75, 3.05) is 35.0 Å².